The minimum absolute atomic E-state index is 0.147. The lowest BCUT2D eigenvalue weighted by Gasteiger charge is -2.20. The van der Waals surface area contributed by atoms with Crippen molar-refractivity contribution in [3.05, 3.63) is 0 Å². The van der Waals surface area contributed by atoms with Crippen LogP contribution in [0.1, 0.15) is 33.6 Å². The van der Waals surface area contributed by atoms with Crippen molar-refractivity contribution in [3.63, 3.8) is 0 Å². The summed E-state index contributed by atoms with van der Waals surface area (Å²) in [5.41, 5.74) is -0.454. The van der Waals surface area contributed by atoms with Crippen molar-refractivity contribution in [1.29, 1.82) is 0 Å². The highest BCUT2D eigenvalue weighted by Gasteiger charge is 2.32. The molecule has 0 aromatic heterocycles. The van der Waals surface area contributed by atoms with Gasteiger partial charge in [-0.3, -0.25) is 9.59 Å². The predicted molar refractivity (Wildman–Crippen MR) is 62.4 cm³/mol. The second-order valence-corrected chi connectivity index (χ2v) is 5.38. The number of ether oxygens (including phenoxy) is 2. The maximum atomic E-state index is 11.6. The van der Waals surface area contributed by atoms with Gasteiger partial charge in [0.15, 0.2) is 0 Å². The minimum Gasteiger partial charge on any atom is -0.468 e. The van der Waals surface area contributed by atoms with Gasteiger partial charge in [0.25, 0.3) is 0 Å². The molecule has 0 aromatic carbocycles. The molecular weight excluding hydrogens is 222 g/mol. The smallest absolute Gasteiger partial charge is 0.322 e. The average molecular weight is 243 g/mol. The van der Waals surface area contributed by atoms with Gasteiger partial charge in [0.1, 0.15) is 11.6 Å². The van der Waals surface area contributed by atoms with Crippen LogP contribution in [0.5, 0.6) is 0 Å². The van der Waals surface area contributed by atoms with E-state index in [-0.39, 0.29) is 23.9 Å². The normalized spacial score (nSPS) is 24.5. The Bertz CT molecular complexity index is 295. The zero-order chi connectivity index (χ0) is 13.1. The Morgan fingerprint density at radius 3 is 2.53 bits per heavy atom. The number of nitrogens with one attached hydrogen (secondary N) is 1. The molecule has 5 nitrogen and oxygen atoms in total. The molecule has 0 amide bonds. The lowest BCUT2D eigenvalue weighted by molar-refractivity contribution is -0.156. The first-order valence-electron chi connectivity index (χ1n) is 5.85. The number of carbonyl (C=O) groups is 2. The van der Waals surface area contributed by atoms with Gasteiger partial charge in [-0.05, 0) is 39.7 Å². The largest absolute Gasteiger partial charge is 0.468 e. The maximum Gasteiger partial charge on any atom is 0.322 e. The minimum atomic E-state index is -0.454. The molecule has 0 saturated carbocycles. The van der Waals surface area contributed by atoms with E-state index in [1.807, 2.05) is 20.8 Å². The quantitative estimate of drug-likeness (QED) is 0.745. The molecule has 1 aliphatic heterocycles. The SMILES string of the molecule is COC(=O)[C@@H]1CC(CC(=O)OC(C)(C)C)CN1. The molecule has 0 spiro atoms. The Morgan fingerprint density at radius 1 is 1.35 bits per heavy atom. The van der Waals surface area contributed by atoms with E-state index in [9.17, 15) is 9.59 Å². The van der Waals surface area contributed by atoms with Crippen LogP contribution in [0, 0.1) is 5.92 Å². The summed E-state index contributed by atoms with van der Waals surface area (Å²) in [6.07, 6.45) is 0.976. The van der Waals surface area contributed by atoms with E-state index in [2.05, 4.69) is 10.1 Å². The third-order valence-corrected chi connectivity index (χ3v) is 2.58. The first-order chi connectivity index (χ1) is 7.81. The molecule has 1 rings (SSSR count). The average Bonchev–Trinajstić information content (AvgIpc) is 2.62. The van der Waals surface area contributed by atoms with Gasteiger partial charge in [0, 0.05) is 6.42 Å². The molecule has 0 bridgehead atoms. The van der Waals surface area contributed by atoms with Crippen LogP contribution in [0.4, 0.5) is 0 Å². The molecular formula is C12H21NO4. The highest BCUT2D eigenvalue weighted by Crippen LogP contribution is 2.20. The number of esters is 2. The molecule has 5 heteroatoms. The summed E-state index contributed by atoms with van der Waals surface area (Å²) in [7, 11) is 1.37. The van der Waals surface area contributed by atoms with E-state index in [0.717, 1.165) is 0 Å². The van der Waals surface area contributed by atoms with Gasteiger partial charge in [-0.15, -0.1) is 0 Å². The molecule has 0 aromatic rings. The van der Waals surface area contributed by atoms with Crippen LogP contribution in [-0.4, -0.2) is 37.2 Å². The second kappa shape index (κ2) is 5.49. The van der Waals surface area contributed by atoms with Crippen molar-refractivity contribution in [2.45, 2.75) is 45.3 Å². The number of hydrogen-bond donors (Lipinski definition) is 1. The van der Waals surface area contributed by atoms with Crippen LogP contribution in [0.15, 0.2) is 0 Å². The van der Waals surface area contributed by atoms with Crippen molar-refractivity contribution in [1.82, 2.24) is 5.32 Å². The summed E-state index contributed by atoms with van der Waals surface area (Å²) < 4.78 is 9.89. The van der Waals surface area contributed by atoms with Gasteiger partial charge in [-0.25, -0.2) is 0 Å². The highest BCUT2D eigenvalue weighted by atomic mass is 16.6. The molecule has 1 heterocycles. The first kappa shape index (κ1) is 14.0. The van der Waals surface area contributed by atoms with Gasteiger partial charge in [0.05, 0.1) is 7.11 Å². The van der Waals surface area contributed by atoms with Crippen LogP contribution < -0.4 is 5.32 Å². The summed E-state index contributed by atoms with van der Waals surface area (Å²) in [6, 6.07) is -0.285. The standard InChI is InChI=1S/C12H21NO4/c1-12(2,3)17-10(14)6-8-5-9(13-7-8)11(15)16-4/h8-9,13H,5-7H2,1-4H3/t8?,9-/m0/s1. The fourth-order valence-electron chi connectivity index (χ4n) is 1.91. The Kier molecular flexibility index (Phi) is 4.51. The van der Waals surface area contributed by atoms with E-state index < -0.39 is 5.60 Å². The van der Waals surface area contributed by atoms with E-state index in [1.54, 1.807) is 0 Å². The van der Waals surface area contributed by atoms with Crippen LogP contribution in [0.25, 0.3) is 0 Å². The zero-order valence-electron chi connectivity index (χ0n) is 10.9. The molecule has 17 heavy (non-hydrogen) atoms. The van der Waals surface area contributed by atoms with Crippen molar-refractivity contribution < 1.29 is 19.1 Å². The number of rotatable bonds is 3. The number of carbonyl (C=O) groups excluding carboxylic acids is 2. The molecule has 1 aliphatic rings. The Morgan fingerprint density at radius 2 is 2.00 bits per heavy atom. The summed E-state index contributed by atoms with van der Waals surface area (Å²) >= 11 is 0. The molecule has 1 unspecified atom stereocenters. The molecule has 0 aliphatic carbocycles. The molecule has 98 valence electrons. The van der Waals surface area contributed by atoms with E-state index >= 15 is 0 Å². The van der Waals surface area contributed by atoms with E-state index in [1.165, 1.54) is 7.11 Å². The summed E-state index contributed by atoms with van der Waals surface area (Å²) in [5.74, 6) is -0.333. The fourth-order valence-corrected chi connectivity index (χ4v) is 1.91. The van der Waals surface area contributed by atoms with E-state index in [0.29, 0.717) is 19.4 Å². The lowest BCUT2D eigenvalue weighted by Crippen LogP contribution is -2.31. The van der Waals surface area contributed by atoms with Crippen molar-refractivity contribution in [2.75, 3.05) is 13.7 Å². The fraction of sp³-hybridized carbons (Fsp3) is 0.833. The zero-order valence-corrected chi connectivity index (χ0v) is 10.9. The molecule has 1 saturated heterocycles. The first-order valence-corrected chi connectivity index (χ1v) is 5.85. The Balaban J connectivity index is 2.35. The van der Waals surface area contributed by atoms with Crippen molar-refractivity contribution >= 4 is 11.9 Å². The van der Waals surface area contributed by atoms with Crippen LogP contribution in [0.2, 0.25) is 0 Å². The van der Waals surface area contributed by atoms with Crippen molar-refractivity contribution in [3.8, 4) is 0 Å². The van der Waals surface area contributed by atoms with Gasteiger partial charge < -0.3 is 14.8 Å². The van der Waals surface area contributed by atoms with E-state index in [4.69, 9.17) is 4.74 Å². The van der Waals surface area contributed by atoms with Gasteiger partial charge in [-0.2, -0.15) is 0 Å². The number of hydrogen-bond acceptors (Lipinski definition) is 5. The Labute approximate surface area is 102 Å². The third kappa shape index (κ3) is 4.73. The van der Waals surface area contributed by atoms with Crippen LogP contribution >= 0.6 is 0 Å². The molecule has 1 N–H and O–H groups in total. The summed E-state index contributed by atoms with van der Waals surface area (Å²) in [4.78, 5) is 22.9. The maximum absolute atomic E-state index is 11.6. The second-order valence-electron chi connectivity index (χ2n) is 5.38. The third-order valence-electron chi connectivity index (χ3n) is 2.58. The topological polar surface area (TPSA) is 64.6 Å². The van der Waals surface area contributed by atoms with Gasteiger partial charge >= 0.3 is 11.9 Å². The lowest BCUT2D eigenvalue weighted by atomic mass is 10.0. The highest BCUT2D eigenvalue weighted by molar-refractivity contribution is 5.76. The van der Waals surface area contributed by atoms with Crippen LogP contribution in [0.3, 0.4) is 0 Å². The Hall–Kier alpha value is -1.10. The molecule has 0 radical (unpaired) electrons. The number of methoxy groups -OCH3 is 1. The predicted octanol–water partition coefficient (Wildman–Crippen LogP) is 0.869. The molecule has 2 atom stereocenters. The van der Waals surface area contributed by atoms with Gasteiger partial charge in [-0.1, -0.05) is 0 Å². The van der Waals surface area contributed by atoms with Crippen molar-refractivity contribution in [2.24, 2.45) is 5.92 Å². The molecule has 1 fully saturated rings. The summed E-state index contributed by atoms with van der Waals surface area (Å²) in [6.45, 7) is 6.18. The summed E-state index contributed by atoms with van der Waals surface area (Å²) in [5, 5.41) is 3.04. The van der Waals surface area contributed by atoms with Gasteiger partial charge in [0.2, 0.25) is 0 Å². The van der Waals surface area contributed by atoms with Crippen LogP contribution in [-0.2, 0) is 19.1 Å². The monoisotopic (exact) mass is 243 g/mol.